The summed E-state index contributed by atoms with van der Waals surface area (Å²) in [6.45, 7) is 5.12. The zero-order valence-electron chi connectivity index (χ0n) is 13.6. The zero-order valence-corrected chi connectivity index (χ0v) is 13.6. The summed E-state index contributed by atoms with van der Waals surface area (Å²) >= 11 is 0. The van der Waals surface area contributed by atoms with Crippen LogP contribution in [0, 0.1) is 19.7 Å². The fraction of sp³-hybridized carbons (Fsp3) is 0.389. The van der Waals surface area contributed by atoms with E-state index in [2.05, 4.69) is 4.98 Å². The Labute approximate surface area is 139 Å². The maximum atomic E-state index is 13.5. The second-order valence-electron chi connectivity index (χ2n) is 6.04. The Morgan fingerprint density at radius 3 is 2.58 bits per heavy atom. The molecule has 6 heteroatoms. The van der Waals surface area contributed by atoms with Gasteiger partial charge >= 0.3 is 0 Å². The first-order valence-electron chi connectivity index (χ1n) is 7.96. The van der Waals surface area contributed by atoms with Gasteiger partial charge in [-0.2, -0.15) is 0 Å². The predicted octanol–water partition coefficient (Wildman–Crippen LogP) is 2.99. The van der Waals surface area contributed by atoms with Crippen LogP contribution in [0.2, 0.25) is 0 Å². The van der Waals surface area contributed by atoms with Gasteiger partial charge in [-0.1, -0.05) is 0 Å². The molecule has 2 aliphatic rings. The summed E-state index contributed by atoms with van der Waals surface area (Å²) in [5.41, 5.74) is 2.51. The van der Waals surface area contributed by atoms with Gasteiger partial charge in [-0.15, -0.1) is 0 Å². The topological polar surface area (TPSA) is 49.8 Å². The lowest BCUT2D eigenvalue weighted by Gasteiger charge is -2.27. The largest absolute Gasteiger partial charge is 0.486 e. The molecule has 0 spiro atoms. The van der Waals surface area contributed by atoms with Crippen molar-refractivity contribution in [1.82, 2.24) is 4.98 Å². The van der Waals surface area contributed by atoms with E-state index in [1.807, 2.05) is 19.1 Å². The smallest absolute Gasteiger partial charge is 0.257 e. The molecule has 0 radical (unpaired) electrons. The van der Waals surface area contributed by atoms with E-state index in [0.717, 1.165) is 22.6 Å². The maximum Gasteiger partial charge on any atom is 0.257 e. The molecule has 3 heterocycles. The molecule has 1 atom stereocenters. The number of benzene rings is 1. The number of aromatic nitrogens is 1. The van der Waals surface area contributed by atoms with E-state index in [1.54, 1.807) is 6.92 Å². The second kappa shape index (κ2) is 5.85. The summed E-state index contributed by atoms with van der Waals surface area (Å²) in [6.07, 6.45) is 0.469. The third-order valence-electron chi connectivity index (χ3n) is 4.23. The first-order chi connectivity index (χ1) is 11.6. The number of pyridine rings is 1. The van der Waals surface area contributed by atoms with Crippen LogP contribution in [-0.2, 0) is 6.42 Å². The Bertz CT molecular complexity index is 793. The summed E-state index contributed by atoms with van der Waals surface area (Å²) < 4.78 is 36.3. The molecule has 24 heavy (non-hydrogen) atoms. The van der Waals surface area contributed by atoms with Gasteiger partial charge in [0, 0.05) is 12.5 Å². The zero-order chi connectivity index (χ0) is 16.7. The monoisotopic (exact) mass is 331 g/mol. The molecule has 0 fully saturated rings. The minimum Gasteiger partial charge on any atom is -0.486 e. The standard InChI is InChI=1S/C18H18FNO4/c1-10-5-15-16(22-4-3-21-15)7-12(10)6-13-9-23-17-8-14(19)11(2)20-18(17)24-13/h5,7-8,13H,3-4,6,9H2,1-2H3. The van der Waals surface area contributed by atoms with E-state index in [9.17, 15) is 4.39 Å². The highest BCUT2D eigenvalue weighted by Crippen LogP contribution is 2.35. The lowest BCUT2D eigenvalue weighted by atomic mass is 10.0. The number of fused-ring (bicyclic) bond motifs is 2. The summed E-state index contributed by atoms with van der Waals surface area (Å²) in [4.78, 5) is 4.13. The second-order valence-corrected chi connectivity index (χ2v) is 6.04. The quantitative estimate of drug-likeness (QED) is 0.847. The van der Waals surface area contributed by atoms with Crippen LogP contribution < -0.4 is 18.9 Å². The van der Waals surface area contributed by atoms with E-state index in [-0.39, 0.29) is 6.10 Å². The van der Waals surface area contributed by atoms with Crippen LogP contribution in [0.25, 0.3) is 0 Å². The Hall–Kier alpha value is -2.50. The van der Waals surface area contributed by atoms with Gasteiger partial charge in [0.2, 0.25) is 0 Å². The molecule has 0 saturated carbocycles. The third kappa shape index (κ3) is 2.72. The lowest BCUT2D eigenvalue weighted by molar-refractivity contribution is 0.0840. The van der Waals surface area contributed by atoms with E-state index in [4.69, 9.17) is 18.9 Å². The molecule has 0 N–H and O–H groups in total. The average molecular weight is 331 g/mol. The maximum absolute atomic E-state index is 13.5. The van der Waals surface area contributed by atoms with Crippen molar-refractivity contribution in [3.05, 3.63) is 40.8 Å². The number of hydrogen-bond donors (Lipinski definition) is 0. The van der Waals surface area contributed by atoms with Crippen molar-refractivity contribution in [3.63, 3.8) is 0 Å². The minimum atomic E-state index is -0.390. The van der Waals surface area contributed by atoms with Crippen molar-refractivity contribution in [2.45, 2.75) is 26.4 Å². The Balaban J connectivity index is 1.55. The van der Waals surface area contributed by atoms with Gasteiger partial charge in [0.15, 0.2) is 17.2 Å². The average Bonchev–Trinajstić information content (AvgIpc) is 2.57. The van der Waals surface area contributed by atoms with Crippen molar-refractivity contribution in [3.8, 4) is 23.1 Å². The van der Waals surface area contributed by atoms with Gasteiger partial charge in [-0.3, -0.25) is 0 Å². The molecule has 0 amide bonds. The molecule has 4 rings (SSSR count). The fourth-order valence-corrected chi connectivity index (χ4v) is 2.90. The van der Waals surface area contributed by atoms with Gasteiger partial charge in [0.25, 0.3) is 5.88 Å². The fourth-order valence-electron chi connectivity index (χ4n) is 2.90. The minimum absolute atomic E-state index is 0.184. The molecule has 5 nitrogen and oxygen atoms in total. The summed E-state index contributed by atoms with van der Waals surface area (Å²) in [5.74, 6) is 1.85. The van der Waals surface area contributed by atoms with Crippen molar-refractivity contribution in [2.24, 2.45) is 0 Å². The molecular weight excluding hydrogens is 313 g/mol. The molecule has 0 aliphatic carbocycles. The highest BCUT2D eigenvalue weighted by molar-refractivity contribution is 5.48. The van der Waals surface area contributed by atoms with Gasteiger partial charge in [-0.25, -0.2) is 9.37 Å². The molecule has 0 saturated heterocycles. The van der Waals surface area contributed by atoms with Gasteiger partial charge < -0.3 is 18.9 Å². The first kappa shape index (κ1) is 15.1. The highest BCUT2D eigenvalue weighted by atomic mass is 19.1. The Morgan fingerprint density at radius 2 is 1.79 bits per heavy atom. The number of ether oxygens (including phenoxy) is 4. The molecule has 1 unspecified atom stereocenters. The highest BCUT2D eigenvalue weighted by Gasteiger charge is 2.25. The van der Waals surface area contributed by atoms with Gasteiger partial charge in [0.05, 0.1) is 5.69 Å². The molecular formula is C18H18FNO4. The summed E-state index contributed by atoms with van der Waals surface area (Å²) in [7, 11) is 0. The molecule has 126 valence electrons. The van der Waals surface area contributed by atoms with Crippen molar-refractivity contribution in [2.75, 3.05) is 19.8 Å². The number of halogens is 1. The molecule has 1 aromatic heterocycles. The van der Waals surface area contributed by atoms with Gasteiger partial charge in [0.1, 0.15) is 31.7 Å². The van der Waals surface area contributed by atoms with Crippen molar-refractivity contribution in [1.29, 1.82) is 0 Å². The Morgan fingerprint density at radius 1 is 1.04 bits per heavy atom. The number of rotatable bonds is 2. The van der Waals surface area contributed by atoms with Crippen LogP contribution in [0.5, 0.6) is 23.1 Å². The van der Waals surface area contributed by atoms with E-state index in [0.29, 0.717) is 43.6 Å². The Kier molecular flexibility index (Phi) is 3.67. The molecule has 0 bridgehead atoms. The lowest BCUT2D eigenvalue weighted by Crippen LogP contribution is -2.32. The van der Waals surface area contributed by atoms with Crippen LogP contribution >= 0.6 is 0 Å². The normalized spacial score (nSPS) is 18.4. The van der Waals surface area contributed by atoms with Crippen LogP contribution in [0.4, 0.5) is 4.39 Å². The molecule has 2 aromatic rings. The summed E-state index contributed by atoms with van der Waals surface area (Å²) in [6, 6.07) is 5.30. The molecule has 2 aliphatic heterocycles. The van der Waals surface area contributed by atoms with Crippen molar-refractivity contribution >= 4 is 0 Å². The van der Waals surface area contributed by atoms with Crippen LogP contribution in [0.3, 0.4) is 0 Å². The number of hydrogen-bond acceptors (Lipinski definition) is 5. The SMILES string of the molecule is Cc1cc2c(cc1CC1COc3cc(F)c(C)nc3O1)OCCO2. The first-order valence-corrected chi connectivity index (χ1v) is 7.96. The number of aryl methyl sites for hydroxylation is 2. The van der Waals surface area contributed by atoms with Crippen LogP contribution in [0.1, 0.15) is 16.8 Å². The third-order valence-corrected chi connectivity index (χ3v) is 4.23. The van der Waals surface area contributed by atoms with Gasteiger partial charge in [-0.05, 0) is 37.1 Å². The van der Waals surface area contributed by atoms with E-state index < -0.39 is 5.82 Å². The van der Waals surface area contributed by atoms with Crippen molar-refractivity contribution < 1.29 is 23.3 Å². The van der Waals surface area contributed by atoms with E-state index in [1.165, 1.54) is 6.07 Å². The molecule has 1 aromatic carbocycles. The van der Waals surface area contributed by atoms with Crippen LogP contribution in [-0.4, -0.2) is 30.9 Å². The number of nitrogens with zero attached hydrogens (tertiary/aromatic N) is 1. The van der Waals surface area contributed by atoms with E-state index >= 15 is 0 Å². The van der Waals surface area contributed by atoms with Crippen LogP contribution in [0.15, 0.2) is 18.2 Å². The predicted molar refractivity (Wildman–Crippen MR) is 84.7 cm³/mol. The summed E-state index contributed by atoms with van der Waals surface area (Å²) in [5, 5.41) is 0.